The zero-order valence-corrected chi connectivity index (χ0v) is 15.4. The topological polar surface area (TPSA) is 94.0 Å². The fourth-order valence-corrected chi connectivity index (χ4v) is 3.24. The van der Waals surface area contributed by atoms with E-state index in [1.54, 1.807) is 0 Å². The van der Waals surface area contributed by atoms with E-state index in [9.17, 15) is 4.79 Å². The van der Waals surface area contributed by atoms with Gasteiger partial charge in [0.2, 0.25) is 11.8 Å². The van der Waals surface area contributed by atoms with Crippen molar-refractivity contribution in [3.63, 3.8) is 0 Å². The Labute approximate surface area is 154 Å². The summed E-state index contributed by atoms with van der Waals surface area (Å²) in [5.41, 5.74) is 8.10. The lowest BCUT2D eigenvalue weighted by Gasteiger charge is -2.18. The molecule has 1 aliphatic carbocycles. The normalized spacial score (nSPS) is 16.9. The van der Waals surface area contributed by atoms with Crippen molar-refractivity contribution in [2.24, 2.45) is 5.73 Å². The number of aryl methyl sites for hydroxylation is 1. The van der Waals surface area contributed by atoms with Gasteiger partial charge in [-0.15, -0.1) is 12.4 Å². The van der Waals surface area contributed by atoms with Gasteiger partial charge in [-0.1, -0.05) is 47.8 Å². The highest BCUT2D eigenvalue weighted by Gasteiger charge is 2.36. The first kappa shape index (κ1) is 19.4. The van der Waals surface area contributed by atoms with Crippen molar-refractivity contribution in [3.05, 3.63) is 47.1 Å². The summed E-state index contributed by atoms with van der Waals surface area (Å²) in [4.78, 5) is 16.1. The van der Waals surface area contributed by atoms with Gasteiger partial charge in [0, 0.05) is 6.92 Å². The number of nitrogens with one attached hydrogen (secondary N) is 1. The first-order valence-corrected chi connectivity index (χ1v) is 8.42. The van der Waals surface area contributed by atoms with Gasteiger partial charge >= 0.3 is 0 Å². The molecule has 6 nitrogen and oxygen atoms in total. The lowest BCUT2D eigenvalue weighted by Crippen LogP contribution is -2.34. The van der Waals surface area contributed by atoms with Crippen LogP contribution < -0.4 is 11.1 Å². The van der Waals surface area contributed by atoms with Gasteiger partial charge in [0.1, 0.15) is 0 Å². The van der Waals surface area contributed by atoms with Gasteiger partial charge in [0.25, 0.3) is 0 Å². The molecule has 2 aromatic rings. The number of aromatic nitrogens is 2. The number of rotatable bonds is 5. The fraction of sp³-hybridized carbons (Fsp3) is 0.500. The molecule has 0 aliphatic heterocycles. The lowest BCUT2D eigenvalue weighted by atomic mass is 9.98. The van der Waals surface area contributed by atoms with E-state index in [0.29, 0.717) is 18.1 Å². The Morgan fingerprint density at radius 3 is 2.56 bits per heavy atom. The van der Waals surface area contributed by atoms with Crippen LogP contribution in [0.15, 0.2) is 28.8 Å². The molecule has 1 aliphatic rings. The van der Waals surface area contributed by atoms with Crippen LogP contribution in [0.5, 0.6) is 0 Å². The quantitative estimate of drug-likeness (QED) is 0.850. The molecule has 136 valence electrons. The number of nitrogens with two attached hydrogens (primary N) is 1. The Morgan fingerprint density at radius 1 is 1.32 bits per heavy atom. The van der Waals surface area contributed by atoms with Crippen molar-refractivity contribution in [2.75, 3.05) is 0 Å². The molecular weight excluding hydrogens is 340 g/mol. The van der Waals surface area contributed by atoms with Crippen molar-refractivity contribution in [1.29, 1.82) is 0 Å². The van der Waals surface area contributed by atoms with Gasteiger partial charge < -0.3 is 15.6 Å². The Balaban J connectivity index is 0.00000225. The number of carbonyl (C=O) groups excluding carboxylic acids is 1. The molecule has 3 N–H and O–H groups in total. The van der Waals surface area contributed by atoms with Gasteiger partial charge in [-0.25, -0.2) is 0 Å². The molecule has 1 heterocycles. The van der Waals surface area contributed by atoms with Crippen LogP contribution in [0, 0.1) is 6.92 Å². The minimum absolute atomic E-state index is 0. The molecule has 3 rings (SSSR count). The summed E-state index contributed by atoms with van der Waals surface area (Å²) in [6.45, 7) is 3.54. The maximum Gasteiger partial charge on any atom is 0.229 e. The maximum atomic E-state index is 11.6. The number of carbonyl (C=O) groups is 1. The lowest BCUT2D eigenvalue weighted by molar-refractivity contribution is -0.119. The number of nitrogens with zero attached hydrogens (tertiary/aromatic N) is 2. The first-order chi connectivity index (χ1) is 11.5. The van der Waals surface area contributed by atoms with Crippen LogP contribution >= 0.6 is 12.4 Å². The van der Waals surface area contributed by atoms with Crippen LogP contribution in [0.25, 0.3) is 0 Å². The second-order valence-electron chi connectivity index (χ2n) is 6.74. The smallest absolute Gasteiger partial charge is 0.229 e. The second kappa shape index (κ2) is 7.97. The Kier molecular flexibility index (Phi) is 6.19. The van der Waals surface area contributed by atoms with Gasteiger partial charge in [0.05, 0.1) is 18.0 Å². The van der Waals surface area contributed by atoms with Gasteiger partial charge in [-0.3, -0.25) is 4.79 Å². The molecule has 0 spiro atoms. The van der Waals surface area contributed by atoms with Gasteiger partial charge in [-0.05, 0) is 25.3 Å². The van der Waals surface area contributed by atoms with Crippen molar-refractivity contribution >= 4 is 18.3 Å². The van der Waals surface area contributed by atoms with E-state index in [4.69, 9.17) is 10.3 Å². The molecule has 1 aromatic carbocycles. The predicted octanol–water partition coefficient (Wildman–Crippen LogP) is 2.95. The van der Waals surface area contributed by atoms with Crippen LogP contribution in [-0.2, 0) is 16.8 Å². The number of hydrogen-bond acceptors (Lipinski definition) is 5. The van der Waals surface area contributed by atoms with E-state index < -0.39 is 5.54 Å². The summed E-state index contributed by atoms with van der Waals surface area (Å²) in [6, 6.07) is 7.87. The molecule has 0 bridgehead atoms. The summed E-state index contributed by atoms with van der Waals surface area (Å²) >= 11 is 0. The standard InChI is InChI=1S/C18H24N4O2.ClH/c1-12-5-7-14(8-6-12)15(20-13(2)23)11-16-21-17(22-24-16)18(19)9-3-4-10-18;/h5-8,15H,3-4,9-11,19H2,1-2H3,(H,20,23);1H. The minimum Gasteiger partial charge on any atom is -0.349 e. The van der Waals surface area contributed by atoms with Crippen molar-refractivity contribution in [1.82, 2.24) is 15.5 Å². The van der Waals surface area contributed by atoms with Crippen LogP contribution in [0.4, 0.5) is 0 Å². The molecule has 0 saturated heterocycles. The summed E-state index contributed by atoms with van der Waals surface area (Å²) in [6.07, 6.45) is 4.42. The molecule has 1 aromatic heterocycles. The molecule has 1 saturated carbocycles. The first-order valence-electron chi connectivity index (χ1n) is 8.42. The summed E-state index contributed by atoms with van der Waals surface area (Å²) in [5.74, 6) is 0.993. The second-order valence-corrected chi connectivity index (χ2v) is 6.74. The van der Waals surface area contributed by atoms with Crippen molar-refractivity contribution < 1.29 is 9.32 Å². The summed E-state index contributed by atoms with van der Waals surface area (Å²) < 4.78 is 5.41. The van der Waals surface area contributed by atoms with Crippen LogP contribution in [0.3, 0.4) is 0 Å². The highest BCUT2D eigenvalue weighted by molar-refractivity contribution is 5.85. The Morgan fingerprint density at radius 2 is 1.96 bits per heavy atom. The van der Waals surface area contributed by atoms with Gasteiger partial charge in [-0.2, -0.15) is 4.98 Å². The number of benzene rings is 1. The van der Waals surface area contributed by atoms with Crippen molar-refractivity contribution in [3.8, 4) is 0 Å². The highest BCUT2D eigenvalue weighted by atomic mass is 35.5. The molecule has 1 fully saturated rings. The predicted molar refractivity (Wildman–Crippen MR) is 97.3 cm³/mol. The molecule has 25 heavy (non-hydrogen) atoms. The third-order valence-corrected chi connectivity index (χ3v) is 4.65. The van der Waals surface area contributed by atoms with Crippen LogP contribution in [0.2, 0.25) is 0 Å². The van der Waals surface area contributed by atoms with Crippen molar-refractivity contribution in [2.45, 2.75) is 57.5 Å². The average Bonchev–Trinajstić information content (AvgIpc) is 3.17. The average molecular weight is 365 g/mol. The van der Waals surface area contributed by atoms with E-state index in [1.165, 1.54) is 12.5 Å². The highest BCUT2D eigenvalue weighted by Crippen LogP contribution is 2.34. The maximum absolute atomic E-state index is 11.6. The van der Waals surface area contributed by atoms with Gasteiger partial charge in [0.15, 0.2) is 5.82 Å². The van der Waals surface area contributed by atoms with E-state index in [0.717, 1.165) is 31.2 Å². The summed E-state index contributed by atoms with van der Waals surface area (Å²) in [7, 11) is 0. The number of hydrogen-bond donors (Lipinski definition) is 2. The van der Waals surface area contributed by atoms with E-state index in [2.05, 4.69) is 15.5 Å². The zero-order chi connectivity index (χ0) is 17.2. The van der Waals surface area contributed by atoms with Crippen LogP contribution in [0.1, 0.15) is 61.5 Å². The Hall–Kier alpha value is -1.92. The molecule has 1 atom stereocenters. The molecule has 0 radical (unpaired) electrons. The van der Waals surface area contributed by atoms with E-state index >= 15 is 0 Å². The zero-order valence-electron chi connectivity index (χ0n) is 14.6. The summed E-state index contributed by atoms with van der Waals surface area (Å²) in [5, 5.41) is 7.04. The fourth-order valence-electron chi connectivity index (χ4n) is 3.24. The minimum atomic E-state index is -0.463. The van der Waals surface area contributed by atoms with Crippen LogP contribution in [-0.4, -0.2) is 16.0 Å². The third-order valence-electron chi connectivity index (χ3n) is 4.65. The number of amides is 1. The Bertz CT molecular complexity index is 708. The molecular formula is C18H25ClN4O2. The van der Waals surface area contributed by atoms with E-state index in [1.807, 2.05) is 31.2 Å². The molecule has 7 heteroatoms. The monoisotopic (exact) mass is 364 g/mol. The largest absolute Gasteiger partial charge is 0.349 e. The molecule has 1 unspecified atom stereocenters. The van der Waals surface area contributed by atoms with E-state index in [-0.39, 0.29) is 24.4 Å². The third kappa shape index (κ3) is 4.58. The SMILES string of the molecule is CC(=O)NC(Cc1nc(C2(N)CCCC2)no1)c1ccc(C)cc1.Cl. The number of halogens is 1. The molecule has 1 amide bonds.